The Kier molecular flexibility index (Phi) is 3.47. The number of benzene rings is 1. The van der Waals surface area contributed by atoms with E-state index in [0.29, 0.717) is 6.54 Å². The van der Waals surface area contributed by atoms with Gasteiger partial charge in [0.05, 0.1) is 16.1 Å². The van der Waals surface area contributed by atoms with Gasteiger partial charge in [-0.2, -0.15) is 0 Å². The van der Waals surface area contributed by atoms with Crippen LogP contribution >= 0.6 is 22.7 Å². The van der Waals surface area contributed by atoms with Crippen molar-refractivity contribution in [1.82, 2.24) is 4.90 Å². The molecule has 0 atom stereocenters. The molecule has 4 rings (SSSR count). The minimum Gasteiger partial charge on any atom is -0.464 e. The topological polar surface area (TPSA) is 33.5 Å². The number of hydrogen-bond acceptors (Lipinski definition) is 4. The molecule has 3 nitrogen and oxygen atoms in total. The van der Waals surface area contributed by atoms with Crippen LogP contribution in [0.25, 0.3) is 19.5 Å². The van der Waals surface area contributed by atoms with E-state index in [1.807, 2.05) is 44.3 Å². The van der Waals surface area contributed by atoms with Crippen molar-refractivity contribution in [3.05, 3.63) is 58.9 Å². The predicted molar refractivity (Wildman–Crippen MR) is 96.5 cm³/mol. The number of rotatable bonds is 3. The third-order valence-electron chi connectivity index (χ3n) is 3.80. The van der Waals surface area contributed by atoms with Gasteiger partial charge >= 0.3 is 0 Å². The largest absolute Gasteiger partial charge is 0.464 e. The molecule has 116 valence electrons. The zero-order chi connectivity index (χ0) is 16.0. The van der Waals surface area contributed by atoms with Crippen molar-refractivity contribution in [1.29, 1.82) is 0 Å². The quantitative estimate of drug-likeness (QED) is 0.507. The van der Waals surface area contributed by atoms with Crippen molar-refractivity contribution in [3.8, 4) is 0 Å². The Labute approximate surface area is 141 Å². The normalized spacial score (nSPS) is 11.4. The smallest absolute Gasteiger partial charge is 0.264 e. The van der Waals surface area contributed by atoms with E-state index in [2.05, 4.69) is 12.1 Å². The highest BCUT2D eigenvalue weighted by Crippen LogP contribution is 2.39. The van der Waals surface area contributed by atoms with E-state index in [-0.39, 0.29) is 5.91 Å². The Bertz CT molecular complexity index is 1010. The Morgan fingerprint density at radius 3 is 2.74 bits per heavy atom. The summed E-state index contributed by atoms with van der Waals surface area (Å²) in [6.07, 6.45) is 0. The first-order chi connectivity index (χ1) is 11.1. The van der Waals surface area contributed by atoms with Crippen LogP contribution in [0.15, 0.2) is 46.9 Å². The lowest BCUT2D eigenvalue weighted by Crippen LogP contribution is -2.25. The van der Waals surface area contributed by atoms with Crippen LogP contribution < -0.4 is 0 Å². The van der Waals surface area contributed by atoms with Gasteiger partial charge < -0.3 is 9.32 Å². The summed E-state index contributed by atoms with van der Waals surface area (Å²) < 4.78 is 9.21. The molecule has 0 bridgehead atoms. The summed E-state index contributed by atoms with van der Waals surface area (Å²) in [5.41, 5.74) is 0. The fourth-order valence-corrected chi connectivity index (χ4v) is 5.19. The van der Waals surface area contributed by atoms with E-state index >= 15 is 0 Å². The number of aryl methyl sites for hydroxylation is 1. The first kappa shape index (κ1) is 14.5. The molecule has 0 N–H and O–H groups in total. The van der Waals surface area contributed by atoms with Crippen molar-refractivity contribution >= 4 is 48.1 Å². The van der Waals surface area contributed by atoms with Gasteiger partial charge in [-0.15, -0.1) is 22.7 Å². The average molecular weight is 341 g/mol. The number of fused-ring (bicyclic) bond motifs is 3. The highest BCUT2D eigenvalue weighted by Gasteiger charge is 2.18. The number of carbonyl (C=O) groups is 1. The molecule has 0 saturated heterocycles. The van der Waals surface area contributed by atoms with Crippen LogP contribution in [0.3, 0.4) is 0 Å². The SMILES string of the molecule is Cc1ccc(CN(C)C(=O)c2cc3sc4ccccc4c3s2)o1. The maximum Gasteiger partial charge on any atom is 0.264 e. The van der Waals surface area contributed by atoms with E-state index in [1.165, 1.54) is 19.5 Å². The van der Waals surface area contributed by atoms with Crippen LogP contribution in [-0.2, 0) is 6.54 Å². The number of nitrogens with zero attached hydrogens (tertiary/aromatic N) is 1. The molecule has 1 amide bonds. The van der Waals surface area contributed by atoms with Crippen molar-refractivity contribution < 1.29 is 9.21 Å². The zero-order valence-corrected chi connectivity index (χ0v) is 14.5. The molecule has 0 aliphatic carbocycles. The second-order valence-electron chi connectivity index (χ2n) is 5.58. The zero-order valence-electron chi connectivity index (χ0n) is 12.8. The van der Waals surface area contributed by atoms with Crippen LogP contribution in [-0.4, -0.2) is 17.9 Å². The van der Waals surface area contributed by atoms with Gasteiger partial charge in [0.25, 0.3) is 5.91 Å². The van der Waals surface area contributed by atoms with Crippen LogP contribution in [0, 0.1) is 6.92 Å². The highest BCUT2D eigenvalue weighted by molar-refractivity contribution is 7.33. The third kappa shape index (κ3) is 2.56. The number of thiophene rings is 2. The van der Waals surface area contributed by atoms with Gasteiger partial charge in [-0.05, 0) is 31.2 Å². The third-order valence-corrected chi connectivity index (χ3v) is 6.20. The van der Waals surface area contributed by atoms with Crippen LogP contribution in [0.2, 0.25) is 0 Å². The molecule has 0 fully saturated rings. The number of carbonyl (C=O) groups excluding carboxylic acids is 1. The van der Waals surface area contributed by atoms with Crippen molar-refractivity contribution in [2.45, 2.75) is 13.5 Å². The lowest BCUT2D eigenvalue weighted by molar-refractivity contribution is 0.0780. The molecule has 0 unspecified atom stereocenters. The molecule has 3 aromatic heterocycles. The second kappa shape index (κ2) is 5.51. The molecule has 5 heteroatoms. The molecule has 1 aromatic carbocycles. The molecule has 0 aliphatic rings. The second-order valence-corrected chi connectivity index (χ2v) is 7.71. The molecule has 3 heterocycles. The molecule has 0 saturated carbocycles. The van der Waals surface area contributed by atoms with E-state index in [4.69, 9.17) is 4.42 Å². The Hall–Kier alpha value is -2.11. The van der Waals surface area contributed by atoms with Gasteiger partial charge in [-0.1, -0.05) is 18.2 Å². The van der Waals surface area contributed by atoms with E-state index < -0.39 is 0 Å². The first-order valence-corrected chi connectivity index (χ1v) is 8.97. The van der Waals surface area contributed by atoms with Crippen LogP contribution in [0.1, 0.15) is 21.2 Å². The number of furan rings is 1. The Morgan fingerprint density at radius 1 is 1.13 bits per heavy atom. The fraction of sp³-hybridized carbons (Fsp3) is 0.167. The summed E-state index contributed by atoms with van der Waals surface area (Å²) in [6.45, 7) is 2.39. The Balaban J connectivity index is 1.63. The molecular weight excluding hydrogens is 326 g/mol. The van der Waals surface area contributed by atoms with Crippen molar-refractivity contribution in [2.24, 2.45) is 0 Å². The first-order valence-electron chi connectivity index (χ1n) is 7.33. The van der Waals surface area contributed by atoms with E-state index in [1.54, 1.807) is 27.6 Å². The molecule has 0 radical (unpaired) electrons. The minimum absolute atomic E-state index is 0.0385. The lowest BCUT2D eigenvalue weighted by Gasteiger charge is -2.14. The number of amides is 1. The Morgan fingerprint density at radius 2 is 1.96 bits per heavy atom. The lowest BCUT2D eigenvalue weighted by atomic mass is 10.2. The molecule has 23 heavy (non-hydrogen) atoms. The van der Waals surface area contributed by atoms with Gasteiger partial charge in [-0.3, -0.25) is 4.79 Å². The van der Waals surface area contributed by atoms with Crippen molar-refractivity contribution in [2.75, 3.05) is 7.05 Å². The van der Waals surface area contributed by atoms with E-state index in [0.717, 1.165) is 16.4 Å². The summed E-state index contributed by atoms with van der Waals surface area (Å²) in [5.74, 6) is 1.71. The molecule has 4 aromatic rings. The molecular formula is C18H15NO2S2. The summed E-state index contributed by atoms with van der Waals surface area (Å²) in [6, 6.07) is 14.2. The van der Waals surface area contributed by atoms with Crippen molar-refractivity contribution in [3.63, 3.8) is 0 Å². The maximum absolute atomic E-state index is 12.7. The van der Waals surface area contributed by atoms with Gasteiger partial charge in [0.1, 0.15) is 11.5 Å². The summed E-state index contributed by atoms with van der Waals surface area (Å²) >= 11 is 3.31. The fourth-order valence-electron chi connectivity index (χ4n) is 2.67. The average Bonchev–Trinajstić information content (AvgIpc) is 3.20. The number of hydrogen-bond donors (Lipinski definition) is 0. The van der Waals surface area contributed by atoms with Crippen LogP contribution in [0.4, 0.5) is 0 Å². The summed E-state index contributed by atoms with van der Waals surface area (Å²) in [7, 11) is 1.81. The highest BCUT2D eigenvalue weighted by atomic mass is 32.1. The maximum atomic E-state index is 12.7. The van der Waals surface area contributed by atoms with Crippen LogP contribution in [0.5, 0.6) is 0 Å². The van der Waals surface area contributed by atoms with Gasteiger partial charge in [0.2, 0.25) is 0 Å². The standard InChI is InChI=1S/C18H15NO2S2/c1-11-7-8-12(21-11)10-19(2)18(20)16-9-15-17(23-16)13-5-3-4-6-14(13)22-15/h3-9H,10H2,1-2H3. The van der Waals surface area contributed by atoms with Gasteiger partial charge in [0.15, 0.2) is 0 Å². The van der Waals surface area contributed by atoms with Gasteiger partial charge in [0, 0.05) is 21.8 Å². The minimum atomic E-state index is 0.0385. The summed E-state index contributed by atoms with van der Waals surface area (Å²) in [5, 5.41) is 1.24. The predicted octanol–water partition coefficient (Wildman–Crippen LogP) is 5.29. The monoisotopic (exact) mass is 341 g/mol. The summed E-state index contributed by atoms with van der Waals surface area (Å²) in [4.78, 5) is 15.1. The molecule has 0 spiro atoms. The van der Waals surface area contributed by atoms with Gasteiger partial charge in [-0.25, -0.2) is 0 Å². The van der Waals surface area contributed by atoms with E-state index in [9.17, 15) is 4.79 Å². The molecule has 0 aliphatic heterocycles.